The molecule has 1 N–H and O–H groups in total. The summed E-state index contributed by atoms with van der Waals surface area (Å²) in [6, 6.07) is 14.6. The Kier molecular flexibility index (Phi) is 5.36. The van der Waals surface area contributed by atoms with Crippen molar-refractivity contribution < 1.29 is 4.79 Å². The Morgan fingerprint density at radius 3 is 2.64 bits per heavy atom. The van der Waals surface area contributed by atoms with E-state index in [1.807, 2.05) is 17.9 Å². The van der Waals surface area contributed by atoms with Crippen molar-refractivity contribution in [2.75, 3.05) is 25.0 Å². The number of amides is 1. The molecule has 0 bridgehead atoms. The summed E-state index contributed by atoms with van der Waals surface area (Å²) < 4.78 is 0. The van der Waals surface area contributed by atoms with Gasteiger partial charge in [-0.2, -0.15) is 0 Å². The number of pyridine rings is 1. The van der Waals surface area contributed by atoms with E-state index in [0.29, 0.717) is 13.0 Å². The quantitative estimate of drug-likeness (QED) is 0.887. The Labute approximate surface area is 167 Å². The van der Waals surface area contributed by atoms with Gasteiger partial charge in [0.15, 0.2) is 0 Å². The fourth-order valence-electron chi connectivity index (χ4n) is 4.45. The zero-order valence-corrected chi connectivity index (χ0v) is 16.9. The van der Waals surface area contributed by atoms with Gasteiger partial charge < -0.3 is 10.2 Å². The topological polar surface area (TPSA) is 48.5 Å². The highest BCUT2D eigenvalue weighted by Crippen LogP contribution is 2.35. The highest BCUT2D eigenvalue weighted by molar-refractivity contribution is 5.79. The minimum Gasteiger partial charge on any atom is -0.379 e. The molecule has 2 aromatic rings. The second-order valence-electron chi connectivity index (χ2n) is 8.19. The molecule has 1 fully saturated rings. The van der Waals surface area contributed by atoms with Gasteiger partial charge in [-0.1, -0.05) is 24.3 Å². The number of hydrogen-bond donors (Lipinski definition) is 1. The van der Waals surface area contributed by atoms with Crippen LogP contribution in [-0.2, 0) is 17.9 Å². The second-order valence-corrected chi connectivity index (χ2v) is 8.19. The molecule has 2 aliphatic rings. The van der Waals surface area contributed by atoms with E-state index in [-0.39, 0.29) is 11.4 Å². The molecule has 5 heteroatoms. The van der Waals surface area contributed by atoms with Gasteiger partial charge in [0, 0.05) is 56.1 Å². The SMILES string of the molecule is CCN1Cc2ccccc2NC2(CCN(Cc3cccc(C)n3)CC2)CC1=O. The normalized spacial score (nSPS) is 19.6. The molecule has 1 spiro atoms. The number of nitrogens with zero attached hydrogens (tertiary/aromatic N) is 3. The van der Waals surface area contributed by atoms with Crippen LogP contribution in [0.15, 0.2) is 42.5 Å². The molecule has 0 atom stereocenters. The van der Waals surface area contributed by atoms with Crippen LogP contribution in [0.25, 0.3) is 0 Å². The largest absolute Gasteiger partial charge is 0.379 e. The Morgan fingerprint density at radius 1 is 1.11 bits per heavy atom. The number of carbonyl (C=O) groups excluding carboxylic acids is 1. The summed E-state index contributed by atoms with van der Waals surface area (Å²) in [5.41, 5.74) is 4.43. The van der Waals surface area contributed by atoms with Crippen LogP contribution in [0.1, 0.15) is 43.1 Å². The third-order valence-corrected chi connectivity index (χ3v) is 6.15. The molecular formula is C23H30N4O. The lowest BCUT2D eigenvalue weighted by molar-refractivity contribution is -0.133. The molecule has 1 amide bonds. The predicted octanol–water partition coefficient (Wildman–Crippen LogP) is 3.59. The summed E-state index contributed by atoms with van der Waals surface area (Å²) in [4.78, 5) is 22.0. The molecule has 0 aliphatic carbocycles. The van der Waals surface area contributed by atoms with Gasteiger partial charge >= 0.3 is 0 Å². The van der Waals surface area contributed by atoms with E-state index in [1.54, 1.807) is 0 Å². The maximum absolute atomic E-state index is 13.0. The maximum Gasteiger partial charge on any atom is 0.225 e. The van der Waals surface area contributed by atoms with Crippen molar-refractivity contribution in [3.05, 3.63) is 59.4 Å². The Hall–Kier alpha value is -2.40. The number of aromatic nitrogens is 1. The number of likely N-dealkylation sites (tertiary alicyclic amines) is 1. The van der Waals surface area contributed by atoms with Crippen molar-refractivity contribution in [3.63, 3.8) is 0 Å². The van der Waals surface area contributed by atoms with Gasteiger partial charge in [-0.3, -0.25) is 14.7 Å². The number of anilines is 1. The van der Waals surface area contributed by atoms with E-state index in [1.165, 1.54) is 11.3 Å². The molecule has 0 unspecified atom stereocenters. The highest BCUT2D eigenvalue weighted by atomic mass is 16.2. The number of nitrogens with one attached hydrogen (secondary N) is 1. The van der Waals surface area contributed by atoms with Gasteiger partial charge in [0.2, 0.25) is 5.91 Å². The highest BCUT2D eigenvalue weighted by Gasteiger charge is 2.39. The van der Waals surface area contributed by atoms with Gasteiger partial charge in [-0.15, -0.1) is 0 Å². The van der Waals surface area contributed by atoms with E-state index in [4.69, 9.17) is 0 Å². The van der Waals surface area contributed by atoms with Crippen LogP contribution in [0.4, 0.5) is 5.69 Å². The minimum atomic E-state index is -0.155. The monoisotopic (exact) mass is 378 g/mol. The number of benzene rings is 1. The van der Waals surface area contributed by atoms with E-state index in [9.17, 15) is 4.79 Å². The Balaban J connectivity index is 1.51. The van der Waals surface area contributed by atoms with Crippen molar-refractivity contribution in [2.24, 2.45) is 0 Å². The number of fused-ring (bicyclic) bond motifs is 1. The summed E-state index contributed by atoms with van der Waals surface area (Å²) in [7, 11) is 0. The number of piperidine rings is 1. The van der Waals surface area contributed by atoms with Crippen molar-refractivity contribution in [1.82, 2.24) is 14.8 Å². The summed E-state index contributed by atoms with van der Waals surface area (Å²) in [5.74, 6) is 0.262. The summed E-state index contributed by atoms with van der Waals surface area (Å²) in [5, 5.41) is 3.79. The summed E-state index contributed by atoms with van der Waals surface area (Å²) in [6.07, 6.45) is 2.51. The second kappa shape index (κ2) is 7.92. The van der Waals surface area contributed by atoms with Crippen LogP contribution in [0.2, 0.25) is 0 Å². The standard InChI is InChI=1S/C23H30N4O/c1-3-27-16-19-8-4-5-10-21(19)25-23(15-22(27)28)11-13-26(14-12-23)17-20-9-6-7-18(2)24-20/h4-10,25H,3,11-17H2,1-2H3. The molecule has 0 radical (unpaired) electrons. The first-order chi connectivity index (χ1) is 13.6. The number of aryl methyl sites for hydroxylation is 1. The molecule has 4 rings (SSSR count). The first kappa shape index (κ1) is 18.9. The van der Waals surface area contributed by atoms with Gasteiger partial charge in [-0.25, -0.2) is 0 Å². The lowest BCUT2D eigenvalue weighted by Crippen LogP contribution is -2.53. The zero-order valence-electron chi connectivity index (χ0n) is 16.9. The molecule has 1 aromatic carbocycles. The lowest BCUT2D eigenvalue weighted by Gasteiger charge is -2.45. The van der Waals surface area contributed by atoms with Crippen LogP contribution < -0.4 is 5.32 Å². The van der Waals surface area contributed by atoms with Crippen molar-refractivity contribution >= 4 is 11.6 Å². The molecule has 2 aliphatic heterocycles. The number of rotatable bonds is 3. The number of carbonyl (C=O) groups is 1. The maximum atomic E-state index is 13.0. The summed E-state index contributed by atoms with van der Waals surface area (Å²) >= 11 is 0. The van der Waals surface area contributed by atoms with Gasteiger partial charge in [-0.05, 0) is 50.5 Å². The minimum absolute atomic E-state index is 0.155. The van der Waals surface area contributed by atoms with Gasteiger partial charge in [0.1, 0.15) is 0 Å². The van der Waals surface area contributed by atoms with E-state index in [0.717, 1.165) is 50.4 Å². The number of hydrogen-bond acceptors (Lipinski definition) is 4. The average molecular weight is 379 g/mol. The van der Waals surface area contributed by atoms with Crippen LogP contribution in [0.3, 0.4) is 0 Å². The van der Waals surface area contributed by atoms with Crippen molar-refractivity contribution in [3.8, 4) is 0 Å². The first-order valence-corrected chi connectivity index (χ1v) is 10.4. The van der Waals surface area contributed by atoms with E-state index < -0.39 is 0 Å². The molecule has 28 heavy (non-hydrogen) atoms. The molecule has 1 saturated heterocycles. The van der Waals surface area contributed by atoms with Crippen LogP contribution in [0.5, 0.6) is 0 Å². The smallest absolute Gasteiger partial charge is 0.225 e. The number of para-hydroxylation sites is 1. The average Bonchev–Trinajstić information content (AvgIpc) is 2.68. The summed E-state index contributed by atoms with van der Waals surface area (Å²) in [6.45, 7) is 8.39. The molecule has 1 aromatic heterocycles. The lowest BCUT2D eigenvalue weighted by atomic mass is 9.82. The molecule has 0 saturated carbocycles. The van der Waals surface area contributed by atoms with Crippen LogP contribution >= 0.6 is 0 Å². The Bertz CT molecular complexity index is 842. The fraction of sp³-hybridized carbons (Fsp3) is 0.478. The fourth-order valence-corrected chi connectivity index (χ4v) is 4.45. The van der Waals surface area contributed by atoms with E-state index in [2.05, 4.69) is 58.5 Å². The van der Waals surface area contributed by atoms with Gasteiger partial charge in [0.05, 0.1) is 5.69 Å². The Morgan fingerprint density at radius 2 is 1.89 bits per heavy atom. The molecule has 3 heterocycles. The van der Waals surface area contributed by atoms with Crippen molar-refractivity contribution in [1.29, 1.82) is 0 Å². The first-order valence-electron chi connectivity index (χ1n) is 10.4. The molecular weight excluding hydrogens is 348 g/mol. The van der Waals surface area contributed by atoms with Crippen LogP contribution in [0, 0.1) is 6.92 Å². The van der Waals surface area contributed by atoms with E-state index >= 15 is 0 Å². The van der Waals surface area contributed by atoms with Crippen LogP contribution in [-0.4, -0.2) is 45.9 Å². The predicted molar refractivity (Wildman–Crippen MR) is 112 cm³/mol. The molecule has 5 nitrogen and oxygen atoms in total. The third kappa shape index (κ3) is 4.04. The molecule has 148 valence electrons. The zero-order chi connectivity index (χ0) is 19.6. The van der Waals surface area contributed by atoms with Gasteiger partial charge in [0.25, 0.3) is 0 Å². The van der Waals surface area contributed by atoms with Crippen molar-refractivity contribution in [2.45, 2.75) is 51.7 Å². The third-order valence-electron chi connectivity index (χ3n) is 6.15.